The number of hydrogen-bond acceptors (Lipinski definition) is 4. The number of fused-ring (bicyclic) bond motifs is 1. The van der Waals surface area contributed by atoms with E-state index in [-0.39, 0.29) is 11.3 Å². The molecule has 5 heteroatoms. The zero-order chi connectivity index (χ0) is 17.4. The fourth-order valence-electron chi connectivity index (χ4n) is 2.81. The molecule has 1 aromatic rings. The van der Waals surface area contributed by atoms with Gasteiger partial charge in [-0.1, -0.05) is 20.8 Å². The van der Waals surface area contributed by atoms with Crippen molar-refractivity contribution in [3.8, 4) is 11.8 Å². The predicted octanol–water partition coefficient (Wildman–Crippen LogP) is 2.68. The molecule has 5 nitrogen and oxygen atoms in total. The smallest absolute Gasteiger partial charge is 0.220 e. The van der Waals surface area contributed by atoms with Crippen molar-refractivity contribution in [3.05, 3.63) is 29.3 Å². The summed E-state index contributed by atoms with van der Waals surface area (Å²) in [5.41, 5.74) is 0.0876. The molecule has 0 aliphatic carbocycles. The lowest BCUT2D eigenvalue weighted by atomic mass is 9.84. The second-order valence-corrected chi connectivity index (χ2v) is 7.80. The van der Waals surface area contributed by atoms with Gasteiger partial charge in [0.2, 0.25) is 5.91 Å². The molecule has 2 atom stereocenters. The van der Waals surface area contributed by atoms with Crippen LogP contribution in [0.2, 0.25) is 0 Å². The molecule has 0 saturated heterocycles. The first-order chi connectivity index (χ1) is 10.5. The van der Waals surface area contributed by atoms with Gasteiger partial charge >= 0.3 is 0 Å². The summed E-state index contributed by atoms with van der Waals surface area (Å²) in [5.74, 6) is 0.418. The summed E-state index contributed by atoms with van der Waals surface area (Å²) in [7, 11) is 0. The molecule has 2 N–H and O–H groups in total. The fourth-order valence-corrected chi connectivity index (χ4v) is 2.81. The third-order valence-electron chi connectivity index (χ3n) is 3.90. The largest absolute Gasteiger partial charge is 0.485 e. The third kappa shape index (κ3) is 3.83. The molecule has 0 aromatic heterocycles. The summed E-state index contributed by atoms with van der Waals surface area (Å²) in [6.07, 6.45) is -0.567. The van der Waals surface area contributed by atoms with E-state index in [1.807, 2.05) is 34.6 Å². The Hall–Kier alpha value is -2.06. The number of benzene rings is 1. The number of ether oxygens (including phenoxy) is 1. The highest BCUT2D eigenvalue weighted by Gasteiger charge is 2.44. The van der Waals surface area contributed by atoms with E-state index in [4.69, 9.17) is 10.00 Å². The first kappa shape index (κ1) is 17.3. The first-order valence-electron chi connectivity index (χ1n) is 7.74. The van der Waals surface area contributed by atoms with Gasteiger partial charge in [-0.3, -0.25) is 4.79 Å². The van der Waals surface area contributed by atoms with Crippen molar-refractivity contribution >= 4 is 5.91 Å². The monoisotopic (exact) mass is 316 g/mol. The van der Waals surface area contributed by atoms with Crippen LogP contribution in [0.15, 0.2) is 18.2 Å². The van der Waals surface area contributed by atoms with E-state index in [2.05, 4.69) is 11.4 Å². The minimum absolute atomic E-state index is 0.127. The summed E-state index contributed by atoms with van der Waals surface area (Å²) in [4.78, 5) is 12.3. The van der Waals surface area contributed by atoms with E-state index in [0.29, 0.717) is 23.3 Å². The van der Waals surface area contributed by atoms with Gasteiger partial charge in [0, 0.05) is 12.0 Å². The molecule has 0 fully saturated rings. The molecule has 1 heterocycles. The molecule has 124 valence electrons. The molecular weight excluding hydrogens is 292 g/mol. The maximum atomic E-state index is 12.3. The Bertz CT molecular complexity index is 653. The van der Waals surface area contributed by atoms with Crippen LogP contribution in [0.25, 0.3) is 0 Å². The average Bonchev–Trinajstić information content (AvgIpc) is 2.41. The minimum Gasteiger partial charge on any atom is -0.485 e. The van der Waals surface area contributed by atoms with Crippen LogP contribution < -0.4 is 10.1 Å². The zero-order valence-corrected chi connectivity index (χ0v) is 14.3. The lowest BCUT2D eigenvalue weighted by molar-refractivity contribution is -0.128. The van der Waals surface area contributed by atoms with Crippen molar-refractivity contribution in [2.24, 2.45) is 5.41 Å². The zero-order valence-electron chi connectivity index (χ0n) is 14.3. The number of rotatable bonds is 2. The molecule has 1 aromatic carbocycles. The number of nitriles is 1. The van der Waals surface area contributed by atoms with Gasteiger partial charge < -0.3 is 15.2 Å². The van der Waals surface area contributed by atoms with Crippen LogP contribution in [0.3, 0.4) is 0 Å². The van der Waals surface area contributed by atoms with Crippen LogP contribution in [0.5, 0.6) is 5.75 Å². The van der Waals surface area contributed by atoms with Crippen LogP contribution in [0, 0.1) is 16.7 Å². The SMILES string of the molecule is CC(C)(C)CC(=O)NC1C(O)c2cc(C#N)ccc2OC1(C)C. The number of amides is 1. The highest BCUT2D eigenvalue weighted by molar-refractivity contribution is 5.77. The van der Waals surface area contributed by atoms with Crippen LogP contribution in [0.4, 0.5) is 0 Å². The highest BCUT2D eigenvalue weighted by atomic mass is 16.5. The minimum atomic E-state index is -0.925. The van der Waals surface area contributed by atoms with E-state index in [1.54, 1.807) is 18.2 Å². The van der Waals surface area contributed by atoms with E-state index in [0.717, 1.165) is 0 Å². The number of aliphatic hydroxyl groups is 1. The summed E-state index contributed by atoms with van der Waals surface area (Å²) in [5, 5.41) is 22.6. The molecule has 2 unspecified atom stereocenters. The molecule has 1 aliphatic heterocycles. The Morgan fingerprint density at radius 2 is 2.09 bits per heavy atom. The van der Waals surface area contributed by atoms with Gasteiger partial charge in [-0.25, -0.2) is 0 Å². The van der Waals surface area contributed by atoms with E-state index in [1.165, 1.54) is 0 Å². The Morgan fingerprint density at radius 3 is 2.65 bits per heavy atom. The van der Waals surface area contributed by atoms with E-state index < -0.39 is 17.7 Å². The Morgan fingerprint density at radius 1 is 1.43 bits per heavy atom. The van der Waals surface area contributed by atoms with Crippen LogP contribution in [0.1, 0.15) is 58.3 Å². The molecular formula is C18H24N2O3. The van der Waals surface area contributed by atoms with Crippen molar-refractivity contribution in [2.75, 3.05) is 0 Å². The number of nitrogens with one attached hydrogen (secondary N) is 1. The third-order valence-corrected chi connectivity index (χ3v) is 3.90. The summed E-state index contributed by atoms with van der Waals surface area (Å²) < 4.78 is 5.95. The standard InChI is InChI=1S/C18H24N2O3/c1-17(2,3)9-14(21)20-16-15(22)12-8-11(10-19)6-7-13(12)23-18(16,4)5/h6-8,15-16,22H,9H2,1-5H3,(H,20,21). The molecule has 0 saturated carbocycles. The molecule has 1 aliphatic rings. The predicted molar refractivity (Wildman–Crippen MR) is 86.8 cm³/mol. The first-order valence-corrected chi connectivity index (χ1v) is 7.74. The topological polar surface area (TPSA) is 82.4 Å². The van der Waals surface area contributed by atoms with Gasteiger partial charge in [0.05, 0.1) is 17.7 Å². The molecule has 23 heavy (non-hydrogen) atoms. The Balaban J connectivity index is 2.29. The molecule has 0 spiro atoms. The van der Waals surface area contributed by atoms with Gasteiger partial charge in [0.15, 0.2) is 0 Å². The van der Waals surface area contributed by atoms with E-state index in [9.17, 15) is 9.90 Å². The second-order valence-electron chi connectivity index (χ2n) is 7.80. The molecule has 1 amide bonds. The maximum absolute atomic E-state index is 12.3. The Labute approximate surface area is 137 Å². The molecule has 0 bridgehead atoms. The number of carbonyl (C=O) groups is 1. The molecule has 2 rings (SSSR count). The van der Waals surface area contributed by atoms with Crippen LogP contribution in [-0.4, -0.2) is 22.7 Å². The maximum Gasteiger partial charge on any atom is 0.220 e. The van der Waals surface area contributed by atoms with Crippen molar-refractivity contribution in [1.29, 1.82) is 5.26 Å². The van der Waals surface area contributed by atoms with Gasteiger partial charge in [-0.2, -0.15) is 5.26 Å². The summed E-state index contributed by atoms with van der Waals surface area (Å²) >= 11 is 0. The van der Waals surface area contributed by atoms with Crippen LogP contribution in [-0.2, 0) is 4.79 Å². The second kappa shape index (κ2) is 5.86. The van der Waals surface area contributed by atoms with Crippen molar-refractivity contribution in [1.82, 2.24) is 5.32 Å². The molecule has 0 radical (unpaired) electrons. The number of nitrogens with zero attached hydrogens (tertiary/aromatic N) is 1. The lowest BCUT2D eigenvalue weighted by Crippen LogP contribution is -2.58. The average molecular weight is 316 g/mol. The fraction of sp³-hybridized carbons (Fsp3) is 0.556. The van der Waals surface area contributed by atoms with E-state index >= 15 is 0 Å². The van der Waals surface area contributed by atoms with Gasteiger partial charge in [0.25, 0.3) is 0 Å². The van der Waals surface area contributed by atoms with Crippen molar-refractivity contribution in [3.63, 3.8) is 0 Å². The van der Waals surface area contributed by atoms with Crippen molar-refractivity contribution < 1.29 is 14.6 Å². The number of aliphatic hydroxyl groups excluding tert-OH is 1. The number of carbonyl (C=O) groups excluding carboxylic acids is 1. The van der Waals surface area contributed by atoms with Gasteiger partial charge in [-0.05, 0) is 37.5 Å². The Kier molecular flexibility index (Phi) is 4.41. The van der Waals surface area contributed by atoms with Gasteiger partial charge in [-0.15, -0.1) is 0 Å². The van der Waals surface area contributed by atoms with Crippen LogP contribution >= 0.6 is 0 Å². The lowest BCUT2D eigenvalue weighted by Gasteiger charge is -2.43. The van der Waals surface area contributed by atoms with Gasteiger partial charge in [0.1, 0.15) is 17.5 Å². The highest BCUT2D eigenvalue weighted by Crippen LogP contribution is 2.40. The summed E-state index contributed by atoms with van der Waals surface area (Å²) in [6, 6.07) is 6.42. The normalized spacial score (nSPS) is 22.5. The summed E-state index contributed by atoms with van der Waals surface area (Å²) in [6.45, 7) is 9.62. The number of hydrogen-bond donors (Lipinski definition) is 2. The quantitative estimate of drug-likeness (QED) is 0.879. The van der Waals surface area contributed by atoms with Crippen molar-refractivity contribution in [2.45, 2.75) is 58.8 Å².